The average Bonchev–Trinajstić information content (AvgIpc) is 2.61. The van der Waals surface area contributed by atoms with Crippen LogP contribution < -0.4 is 0 Å². The van der Waals surface area contributed by atoms with Crippen molar-refractivity contribution < 1.29 is 5.11 Å². The predicted octanol–water partition coefficient (Wildman–Crippen LogP) is 6.11. The van der Waals surface area contributed by atoms with Gasteiger partial charge in [-0.1, -0.05) is 0 Å². The fourth-order valence-corrected chi connectivity index (χ4v) is 16.3. The van der Waals surface area contributed by atoms with Gasteiger partial charge < -0.3 is 0 Å². The van der Waals surface area contributed by atoms with Crippen LogP contribution in [0, 0.1) is 9.86 Å². The Morgan fingerprint density at radius 2 is 1.35 bits per heavy atom. The molecular weight excluding hydrogens is 387 g/mol. The SMILES string of the molecule is CCC[CH2][Sn]([C]#CC(O)c1ccccc1)([CH2]CCC)[CH2]CCC. The van der Waals surface area contributed by atoms with Crippen LogP contribution in [0.3, 0.4) is 0 Å². The maximum absolute atomic E-state index is 10.4. The van der Waals surface area contributed by atoms with Crippen molar-refractivity contribution in [2.45, 2.75) is 78.7 Å². The van der Waals surface area contributed by atoms with E-state index in [-0.39, 0.29) is 0 Å². The summed E-state index contributed by atoms with van der Waals surface area (Å²) in [5.74, 6) is 3.27. The predicted molar refractivity (Wildman–Crippen MR) is 104 cm³/mol. The fraction of sp³-hybridized carbons (Fsp3) is 0.619. The number of rotatable bonds is 10. The number of aliphatic hydroxyl groups is 1. The van der Waals surface area contributed by atoms with Crippen LogP contribution in [0.1, 0.15) is 71.0 Å². The van der Waals surface area contributed by atoms with Gasteiger partial charge in [-0.3, -0.25) is 0 Å². The third kappa shape index (κ3) is 7.77. The Kier molecular flexibility index (Phi) is 10.7. The molecule has 0 aromatic heterocycles. The molecule has 0 aliphatic carbocycles. The van der Waals surface area contributed by atoms with Crippen LogP contribution >= 0.6 is 0 Å². The van der Waals surface area contributed by atoms with Crippen molar-refractivity contribution in [1.82, 2.24) is 0 Å². The van der Waals surface area contributed by atoms with Crippen molar-refractivity contribution in [3.63, 3.8) is 0 Å². The van der Waals surface area contributed by atoms with Crippen LogP contribution in [0.4, 0.5) is 0 Å². The zero-order chi connectivity index (χ0) is 17.0. The average molecular weight is 421 g/mol. The molecule has 0 saturated heterocycles. The molecular formula is C21H34OSn. The molecule has 1 aromatic carbocycles. The van der Waals surface area contributed by atoms with Gasteiger partial charge in [0.05, 0.1) is 0 Å². The van der Waals surface area contributed by atoms with Crippen LogP contribution in [0.15, 0.2) is 30.3 Å². The van der Waals surface area contributed by atoms with Crippen molar-refractivity contribution in [1.29, 1.82) is 0 Å². The molecule has 1 N–H and O–H groups in total. The molecule has 0 aliphatic rings. The van der Waals surface area contributed by atoms with Crippen molar-refractivity contribution in [3.05, 3.63) is 35.9 Å². The molecule has 0 saturated carbocycles. The third-order valence-electron chi connectivity index (χ3n) is 4.62. The Morgan fingerprint density at radius 3 is 1.78 bits per heavy atom. The minimum atomic E-state index is -2.43. The topological polar surface area (TPSA) is 20.2 Å². The van der Waals surface area contributed by atoms with E-state index in [2.05, 4.69) is 30.6 Å². The van der Waals surface area contributed by atoms with Crippen LogP contribution in [0.25, 0.3) is 0 Å². The molecule has 1 rings (SSSR count). The first kappa shape index (κ1) is 20.6. The molecule has 1 nitrogen and oxygen atoms in total. The van der Waals surface area contributed by atoms with Gasteiger partial charge in [0.2, 0.25) is 0 Å². The Bertz CT molecular complexity index is 450. The molecule has 23 heavy (non-hydrogen) atoms. The Morgan fingerprint density at radius 1 is 0.870 bits per heavy atom. The summed E-state index contributed by atoms with van der Waals surface area (Å²) >= 11 is -2.43. The molecule has 2 heteroatoms. The Labute approximate surface area is 147 Å². The monoisotopic (exact) mass is 422 g/mol. The second-order valence-corrected chi connectivity index (χ2v) is 19.0. The summed E-state index contributed by atoms with van der Waals surface area (Å²) in [6.07, 6.45) is 7.13. The van der Waals surface area contributed by atoms with Gasteiger partial charge in [-0.25, -0.2) is 0 Å². The minimum absolute atomic E-state index is 0.614. The van der Waals surface area contributed by atoms with Crippen LogP contribution in [-0.2, 0) is 0 Å². The molecule has 0 spiro atoms. The van der Waals surface area contributed by atoms with Crippen LogP contribution in [-0.4, -0.2) is 23.5 Å². The summed E-state index contributed by atoms with van der Waals surface area (Å²) in [4.78, 5) is 0. The molecule has 1 aromatic rings. The van der Waals surface area contributed by atoms with Gasteiger partial charge in [-0.2, -0.15) is 0 Å². The van der Waals surface area contributed by atoms with E-state index in [1.54, 1.807) is 0 Å². The van der Waals surface area contributed by atoms with Crippen molar-refractivity contribution in [3.8, 4) is 9.86 Å². The molecule has 0 aliphatic heterocycles. The zero-order valence-corrected chi connectivity index (χ0v) is 18.1. The summed E-state index contributed by atoms with van der Waals surface area (Å²) in [6, 6.07) is 9.88. The van der Waals surface area contributed by atoms with Crippen LogP contribution in [0.2, 0.25) is 13.3 Å². The van der Waals surface area contributed by atoms with E-state index in [1.807, 2.05) is 30.3 Å². The summed E-state index contributed by atoms with van der Waals surface area (Å²) in [5.41, 5.74) is 0.932. The maximum atomic E-state index is 10.4. The number of aliphatic hydroxyl groups excluding tert-OH is 1. The molecule has 1 unspecified atom stereocenters. The van der Waals surface area contributed by atoms with Gasteiger partial charge in [0.1, 0.15) is 0 Å². The second kappa shape index (κ2) is 12.0. The number of hydrogen-bond acceptors (Lipinski definition) is 1. The van der Waals surface area contributed by atoms with Crippen molar-refractivity contribution in [2.75, 3.05) is 0 Å². The van der Waals surface area contributed by atoms with Crippen molar-refractivity contribution >= 4 is 18.4 Å². The van der Waals surface area contributed by atoms with Crippen LogP contribution in [0.5, 0.6) is 0 Å². The van der Waals surface area contributed by atoms with E-state index < -0.39 is 24.5 Å². The molecule has 1 atom stereocenters. The van der Waals surface area contributed by atoms with Gasteiger partial charge in [0, 0.05) is 0 Å². The van der Waals surface area contributed by atoms with Gasteiger partial charge in [-0.15, -0.1) is 0 Å². The third-order valence-corrected chi connectivity index (χ3v) is 17.8. The molecule has 0 radical (unpaired) electrons. The van der Waals surface area contributed by atoms with Gasteiger partial charge in [0.25, 0.3) is 0 Å². The van der Waals surface area contributed by atoms with E-state index in [0.29, 0.717) is 0 Å². The molecule has 0 heterocycles. The van der Waals surface area contributed by atoms with E-state index >= 15 is 0 Å². The summed E-state index contributed by atoms with van der Waals surface area (Å²) in [5, 5.41) is 10.4. The molecule has 0 amide bonds. The molecule has 0 fully saturated rings. The number of benzene rings is 1. The first-order valence-corrected chi connectivity index (χ1v) is 16.9. The van der Waals surface area contributed by atoms with E-state index in [0.717, 1.165) is 5.56 Å². The first-order chi connectivity index (χ1) is 11.2. The normalized spacial score (nSPS) is 12.5. The van der Waals surface area contributed by atoms with Crippen molar-refractivity contribution in [2.24, 2.45) is 0 Å². The Hall–Kier alpha value is -0.461. The second-order valence-electron chi connectivity index (χ2n) is 6.67. The van der Waals surface area contributed by atoms with Gasteiger partial charge in [-0.05, 0) is 0 Å². The standard InChI is InChI=1S/C9H7O.3C4H9.Sn/c1-2-9(10)8-6-4-3-5-7-8;3*1-3-4-2;/h3-7,9-10H;3*1,3-4H2,2H3;. The van der Waals surface area contributed by atoms with Gasteiger partial charge in [0.15, 0.2) is 0 Å². The summed E-state index contributed by atoms with van der Waals surface area (Å²) < 4.78 is 7.87. The number of unbranched alkanes of at least 4 members (excludes halogenated alkanes) is 3. The zero-order valence-electron chi connectivity index (χ0n) is 15.3. The van der Waals surface area contributed by atoms with E-state index in [1.165, 1.54) is 51.8 Å². The fourth-order valence-electron chi connectivity index (χ4n) is 3.05. The summed E-state index contributed by atoms with van der Waals surface area (Å²) in [7, 11) is 0. The van der Waals surface area contributed by atoms with Gasteiger partial charge >= 0.3 is 148 Å². The van der Waals surface area contributed by atoms with E-state index in [4.69, 9.17) is 0 Å². The number of hydrogen-bond donors (Lipinski definition) is 1. The molecule has 0 bridgehead atoms. The first-order valence-electron chi connectivity index (χ1n) is 9.43. The summed E-state index contributed by atoms with van der Waals surface area (Å²) in [6.45, 7) is 6.84. The quantitative estimate of drug-likeness (QED) is 0.357. The van der Waals surface area contributed by atoms with E-state index in [9.17, 15) is 5.11 Å². The molecule has 128 valence electrons. The Balaban J connectivity index is 2.94.